The predicted molar refractivity (Wildman–Crippen MR) is 120 cm³/mol. The van der Waals surface area contributed by atoms with E-state index in [2.05, 4.69) is 4.90 Å². The van der Waals surface area contributed by atoms with Gasteiger partial charge in [0.2, 0.25) is 15.9 Å². The van der Waals surface area contributed by atoms with E-state index in [0.29, 0.717) is 58.2 Å². The summed E-state index contributed by atoms with van der Waals surface area (Å²) in [4.78, 5) is 17.6. The highest BCUT2D eigenvalue weighted by Gasteiger charge is 2.36. The highest BCUT2D eigenvalue weighted by molar-refractivity contribution is 7.89. The molecule has 0 radical (unpaired) electrons. The van der Waals surface area contributed by atoms with E-state index < -0.39 is 16.1 Å². The number of sulfonamides is 1. The Morgan fingerprint density at radius 1 is 0.906 bits per heavy atom. The van der Waals surface area contributed by atoms with Crippen molar-refractivity contribution in [1.82, 2.24) is 14.1 Å². The lowest BCUT2D eigenvalue weighted by molar-refractivity contribution is -0.142. The minimum atomic E-state index is -3.60. The van der Waals surface area contributed by atoms with Crippen LogP contribution in [0.3, 0.4) is 0 Å². The molecule has 1 atom stereocenters. The highest BCUT2D eigenvalue weighted by Crippen LogP contribution is 2.27. The Bertz CT molecular complexity index is 1000. The Labute approximate surface area is 189 Å². The zero-order valence-electron chi connectivity index (χ0n) is 18.2. The van der Waals surface area contributed by atoms with Gasteiger partial charge in [-0.3, -0.25) is 9.69 Å². The van der Waals surface area contributed by atoms with Crippen LogP contribution in [0.15, 0.2) is 59.5 Å². The summed E-state index contributed by atoms with van der Waals surface area (Å²) >= 11 is 0. The average Bonchev–Trinajstić information content (AvgIpc) is 2.86. The Morgan fingerprint density at radius 2 is 1.53 bits per heavy atom. The topological polar surface area (TPSA) is 79.4 Å². The van der Waals surface area contributed by atoms with Crippen LogP contribution in [-0.4, -0.2) is 88.0 Å². The lowest BCUT2D eigenvalue weighted by Gasteiger charge is -2.40. The van der Waals surface area contributed by atoms with Crippen molar-refractivity contribution < 1.29 is 22.7 Å². The van der Waals surface area contributed by atoms with Gasteiger partial charge in [0.05, 0.1) is 25.2 Å². The highest BCUT2D eigenvalue weighted by atomic mass is 32.2. The molecule has 2 aliphatic rings. The third-order valence-electron chi connectivity index (χ3n) is 6.01. The van der Waals surface area contributed by atoms with E-state index in [1.54, 1.807) is 31.4 Å². The van der Waals surface area contributed by atoms with E-state index in [1.807, 2.05) is 35.2 Å². The van der Waals surface area contributed by atoms with Crippen molar-refractivity contribution in [2.24, 2.45) is 0 Å². The van der Waals surface area contributed by atoms with Gasteiger partial charge in [-0.25, -0.2) is 8.42 Å². The molecule has 0 aliphatic carbocycles. The molecule has 0 spiro atoms. The standard InChI is InChI=1S/C23H29N3O5S/c1-30-20-7-9-21(10-8-20)32(28,29)26-13-11-24(12-14-26)22(19-5-3-2-4-6-19)23(27)25-15-17-31-18-16-25/h2-10,22H,11-18H2,1H3. The number of ether oxygens (including phenoxy) is 2. The van der Waals surface area contributed by atoms with Crippen LogP contribution < -0.4 is 4.74 Å². The quantitative estimate of drug-likeness (QED) is 0.653. The van der Waals surface area contributed by atoms with Gasteiger partial charge in [0, 0.05) is 39.3 Å². The second kappa shape index (κ2) is 9.99. The van der Waals surface area contributed by atoms with Gasteiger partial charge < -0.3 is 14.4 Å². The Balaban J connectivity index is 1.50. The first-order valence-electron chi connectivity index (χ1n) is 10.8. The van der Waals surface area contributed by atoms with Crippen molar-refractivity contribution >= 4 is 15.9 Å². The lowest BCUT2D eigenvalue weighted by atomic mass is 10.0. The molecular formula is C23H29N3O5S. The Kier molecular flexibility index (Phi) is 7.10. The van der Waals surface area contributed by atoms with Gasteiger partial charge in [0.15, 0.2) is 0 Å². The van der Waals surface area contributed by atoms with Crippen molar-refractivity contribution in [3.8, 4) is 5.75 Å². The molecule has 0 aromatic heterocycles. The van der Waals surface area contributed by atoms with Gasteiger partial charge in [0.1, 0.15) is 11.8 Å². The minimum Gasteiger partial charge on any atom is -0.497 e. The van der Waals surface area contributed by atoms with Crippen molar-refractivity contribution in [1.29, 1.82) is 0 Å². The van der Waals surface area contributed by atoms with Crippen LogP contribution in [0.1, 0.15) is 11.6 Å². The molecule has 2 aromatic carbocycles. The molecule has 0 bridgehead atoms. The summed E-state index contributed by atoms with van der Waals surface area (Å²) in [6, 6.07) is 15.7. The van der Waals surface area contributed by atoms with Crippen LogP contribution in [0.25, 0.3) is 0 Å². The maximum atomic E-state index is 13.4. The molecule has 4 rings (SSSR count). The maximum absolute atomic E-state index is 13.4. The fraction of sp³-hybridized carbons (Fsp3) is 0.435. The number of piperazine rings is 1. The summed E-state index contributed by atoms with van der Waals surface area (Å²) in [6.45, 7) is 3.85. The summed E-state index contributed by atoms with van der Waals surface area (Å²) in [5.41, 5.74) is 0.926. The van der Waals surface area contributed by atoms with Crippen LogP contribution >= 0.6 is 0 Å². The lowest BCUT2D eigenvalue weighted by Crippen LogP contribution is -2.54. The van der Waals surface area contributed by atoms with Crippen molar-refractivity contribution in [3.63, 3.8) is 0 Å². The number of hydrogen-bond donors (Lipinski definition) is 0. The number of rotatable bonds is 6. The largest absolute Gasteiger partial charge is 0.497 e. The molecule has 32 heavy (non-hydrogen) atoms. The maximum Gasteiger partial charge on any atom is 0.244 e. The number of morpholine rings is 1. The molecule has 2 saturated heterocycles. The van der Waals surface area contributed by atoms with Crippen molar-refractivity contribution in [2.75, 3.05) is 59.6 Å². The second-order valence-electron chi connectivity index (χ2n) is 7.87. The van der Waals surface area contributed by atoms with Gasteiger partial charge in [-0.15, -0.1) is 0 Å². The fourth-order valence-electron chi connectivity index (χ4n) is 4.20. The van der Waals surface area contributed by atoms with Gasteiger partial charge in [-0.2, -0.15) is 4.31 Å². The number of hydrogen-bond acceptors (Lipinski definition) is 6. The predicted octanol–water partition coefficient (Wildman–Crippen LogP) is 1.60. The fourth-order valence-corrected chi connectivity index (χ4v) is 5.62. The summed E-state index contributed by atoms with van der Waals surface area (Å²) in [6.07, 6.45) is 0. The van der Waals surface area contributed by atoms with Crippen LogP contribution in [0.2, 0.25) is 0 Å². The normalized spacial score (nSPS) is 19.5. The van der Waals surface area contributed by atoms with Crippen LogP contribution in [-0.2, 0) is 19.6 Å². The molecule has 2 heterocycles. The summed E-state index contributed by atoms with van der Waals surface area (Å²) in [5, 5.41) is 0. The third-order valence-corrected chi connectivity index (χ3v) is 7.92. The molecule has 2 aromatic rings. The molecule has 0 saturated carbocycles. The molecule has 1 amide bonds. The first-order valence-corrected chi connectivity index (χ1v) is 12.2. The van der Waals surface area contributed by atoms with E-state index in [4.69, 9.17) is 9.47 Å². The van der Waals surface area contributed by atoms with E-state index >= 15 is 0 Å². The van der Waals surface area contributed by atoms with Crippen LogP contribution in [0.5, 0.6) is 5.75 Å². The minimum absolute atomic E-state index is 0.0472. The monoisotopic (exact) mass is 459 g/mol. The van der Waals surface area contributed by atoms with E-state index in [9.17, 15) is 13.2 Å². The third kappa shape index (κ3) is 4.80. The number of benzene rings is 2. The molecule has 9 heteroatoms. The van der Waals surface area contributed by atoms with Gasteiger partial charge in [-0.1, -0.05) is 30.3 Å². The van der Waals surface area contributed by atoms with E-state index in [-0.39, 0.29) is 10.8 Å². The number of carbonyl (C=O) groups is 1. The van der Waals surface area contributed by atoms with Crippen molar-refractivity contribution in [3.05, 3.63) is 60.2 Å². The van der Waals surface area contributed by atoms with Gasteiger partial charge >= 0.3 is 0 Å². The Hall–Kier alpha value is -2.46. The zero-order chi connectivity index (χ0) is 22.6. The zero-order valence-corrected chi connectivity index (χ0v) is 19.0. The molecule has 2 aliphatic heterocycles. The summed E-state index contributed by atoms with van der Waals surface area (Å²) in [7, 11) is -2.06. The van der Waals surface area contributed by atoms with Gasteiger partial charge in [-0.05, 0) is 29.8 Å². The number of carbonyl (C=O) groups excluding carboxylic acids is 1. The molecular weight excluding hydrogens is 430 g/mol. The molecule has 1 unspecified atom stereocenters. The van der Waals surface area contributed by atoms with Crippen LogP contribution in [0.4, 0.5) is 0 Å². The first-order chi connectivity index (χ1) is 15.5. The first kappa shape index (κ1) is 22.7. The SMILES string of the molecule is COc1ccc(S(=O)(=O)N2CCN(C(C(=O)N3CCOCC3)c3ccccc3)CC2)cc1. The van der Waals surface area contributed by atoms with E-state index in [0.717, 1.165) is 5.56 Å². The van der Waals surface area contributed by atoms with E-state index in [1.165, 1.54) is 4.31 Å². The van der Waals surface area contributed by atoms with Gasteiger partial charge in [0.25, 0.3) is 0 Å². The number of amides is 1. The molecule has 8 nitrogen and oxygen atoms in total. The Morgan fingerprint density at radius 3 is 2.12 bits per heavy atom. The number of methoxy groups -OCH3 is 1. The second-order valence-corrected chi connectivity index (χ2v) is 9.80. The smallest absolute Gasteiger partial charge is 0.244 e. The van der Waals surface area contributed by atoms with Crippen molar-refractivity contribution in [2.45, 2.75) is 10.9 Å². The molecule has 172 valence electrons. The van der Waals surface area contributed by atoms with Crippen LogP contribution in [0, 0.1) is 0 Å². The molecule has 0 N–H and O–H groups in total. The molecule has 2 fully saturated rings. The average molecular weight is 460 g/mol. The number of nitrogens with zero attached hydrogens (tertiary/aromatic N) is 3. The summed E-state index contributed by atoms with van der Waals surface area (Å²) in [5.74, 6) is 0.659. The summed E-state index contributed by atoms with van der Waals surface area (Å²) < 4.78 is 38.2.